The molecule has 1 saturated heterocycles. The number of carbonyl (C=O) groups is 1. The van der Waals surface area contributed by atoms with Crippen LogP contribution < -0.4 is 5.73 Å². The maximum absolute atomic E-state index is 11.9. The summed E-state index contributed by atoms with van der Waals surface area (Å²) in [5, 5.41) is 0. The maximum atomic E-state index is 11.9. The van der Waals surface area contributed by atoms with Crippen LogP contribution in [0, 0.1) is 0 Å². The summed E-state index contributed by atoms with van der Waals surface area (Å²) in [5.41, 5.74) is 5.78. The third-order valence-corrected chi connectivity index (χ3v) is 4.82. The first-order valence-electron chi connectivity index (χ1n) is 5.84. The van der Waals surface area contributed by atoms with E-state index in [2.05, 4.69) is 0 Å². The Labute approximate surface area is 103 Å². The highest BCUT2D eigenvalue weighted by molar-refractivity contribution is 7.89. The van der Waals surface area contributed by atoms with Gasteiger partial charge in [-0.1, -0.05) is 0 Å². The largest absolute Gasteiger partial charge is 0.340 e. The highest BCUT2D eigenvalue weighted by Crippen LogP contribution is 2.09. The fourth-order valence-electron chi connectivity index (χ4n) is 1.85. The molecule has 1 rings (SSSR count). The average molecular weight is 263 g/mol. The second kappa shape index (κ2) is 5.79. The van der Waals surface area contributed by atoms with E-state index >= 15 is 0 Å². The Bertz CT molecular complexity index is 369. The predicted molar refractivity (Wildman–Crippen MR) is 65.9 cm³/mol. The number of piperidine rings is 1. The van der Waals surface area contributed by atoms with Crippen molar-refractivity contribution in [3.05, 3.63) is 0 Å². The molecule has 0 aromatic rings. The van der Waals surface area contributed by atoms with E-state index in [1.807, 2.05) is 0 Å². The SMILES string of the molecule is CCS(=O)(=O)N(C)CC(=O)N1CCCC(N)C1. The molecule has 0 bridgehead atoms. The number of hydrogen-bond acceptors (Lipinski definition) is 4. The van der Waals surface area contributed by atoms with Gasteiger partial charge in [-0.3, -0.25) is 4.79 Å². The van der Waals surface area contributed by atoms with Gasteiger partial charge in [0.15, 0.2) is 0 Å². The van der Waals surface area contributed by atoms with Crippen molar-refractivity contribution in [3.8, 4) is 0 Å². The number of nitrogens with zero attached hydrogens (tertiary/aromatic N) is 2. The van der Waals surface area contributed by atoms with E-state index in [0.29, 0.717) is 13.1 Å². The third kappa shape index (κ3) is 3.93. The fraction of sp³-hybridized carbons (Fsp3) is 0.900. The van der Waals surface area contributed by atoms with Crippen molar-refractivity contribution in [2.45, 2.75) is 25.8 Å². The number of nitrogens with two attached hydrogens (primary N) is 1. The topological polar surface area (TPSA) is 83.7 Å². The van der Waals surface area contributed by atoms with Crippen LogP contribution in [0.3, 0.4) is 0 Å². The molecule has 1 amide bonds. The first-order valence-corrected chi connectivity index (χ1v) is 7.45. The molecule has 0 radical (unpaired) electrons. The molecule has 6 nitrogen and oxygen atoms in total. The van der Waals surface area contributed by atoms with Crippen LogP contribution in [-0.2, 0) is 14.8 Å². The van der Waals surface area contributed by atoms with Crippen molar-refractivity contribution < 1.29 is 13.2 Å². The number of carbonyl (C=O) groups excluding carboxylic acids is 1. The van der Waals surface area contributed by atoms with E-state index in [9.17, 15) is 13.2 Å². The number of rotatable bonds is 4. The zero-order valence-electron chi connectivity index (χ0n) is 10.4. The Kier molecular flexibility index (Phi) is 4.91. The number of sulfonamides is 1. The van der Waals surface area contributed by atoms with Crippen LogP contribution in [0.5, 0.6) is 0 Å². The normalized spacial score (nSPS) is 21.9. The Balaban J connectivity index is 2.54. The van der Waals surface area contributed by atoms with Gasteiger partial charge in [0, 0.05) is 26.2 Å². The smallest absolute Gasteiger partial charge is 0.237 e. The molecule has 0 aliphatic carbocycles. The lowest BCUT2D eigenvalue weighted by Crippen LogP contribution is -2.49. The molecule has 1 aliphatic heterocycles. The molecule has 0 spiro atoms. The minimum absolute atomic E-state index is 0.0102. The highest BCUT2D eigenvalue weighted by atomic mass is 32.2. The molecule has 17 heavy (non-hydrogen) atoms. The maximum Gasteiger partial charge on any atom is 0.237 e. The Hall–Kier alpha value is -0.660. The van der Waals surface area contributed by atoms with E-state index in [1.165, 1.54) is 7.05 Å². The summed E-state index contributed by atoms with van der Waals surface area (Å²) < 4.78 is 24.1. The van der Waals surface area contributed by atoms with Crippen molar-refractivity contribution >= 4 is 15.9 Å². The van der Waals surface area contributed by atoms with Crippen LogP contribution in [0.2, 0.25) is 0 Å². The standard InChI is InChI=1S/C10H21N3O3S/c1-3-17(15,16)12(2)8-10(14)13-6-4-5-9(11)7-13/h9H,3-8,11H2,1-2H3. The number of hydrogen-bond donors (Lipinski definition) is 1. The van der Waals surface area contributed by atoms with Crippen molar-refractivity contribution in [2.75, 3.05) is 32.4 Å². The number of likely N-dealkylation sites (tertiary alicyclic amines) is 1. The first-order chi connectivity index (χ1) is 7.86. The summed E-state index contributed by atoms with van der Waals surface area (Å²) >= 11 is 0. The van der Waals surface area contributed by atoms with E-state index in [0.717, 1.165) is 17.1 Å². The summed E-state index contributed by atoms with van der Waals surface area (Å²) in [5.74, 6) is -0.157. The fourth-order valence-corrected chi connectivity index (χ4v) is 2.59. The highest BCUT2D eigenvalue weighted by Gasteiger charge is 2.25. The third-order valence-electron chi connectivity index (χ3n) is 3.01. The second-order valence-corrected chi connectivity index (χ2v) is 6.76. The van der Waals surface area contributed by atoms with Gasteiger partial charge < -0.3 is 10.6 Å². The molecule has 1 heterocycles. The minimum atomic E-state index is -3.29. The molecule has 0 aromatic carbocycles. The van der Waals surface area contributed by atoms with Crippen LogP contribution in [-0.4, -0.2) is 62.0 Å². The molecule has 1 atom stereocenters. The van der Waals surface area contributed by atoms with Crippen LogP contribution in [0.25, 0.3) is 0 Å². The lowest BCUT2D eigenvalue weighted by Gasteiger charge is -2.31. The van der Waals surface area contributed by atoms with Crippen LogP contribution in [0.1, 0.15) is 19.8 Å². The molecule has 100 valence electrons. The van der Waals surface area contributed by atoms with E-state index < -0.39 is 10.0 Å². The minimum Gasteiger partial charge on any atom is -0.340 e. The van der Waals surface area contributed by atoms with Crippen molar-refractivity contribution in [2.24, 2.45) is 5.73 Å². The number of likely N-dealkylation sites (N-methyl/N-ethyl adjacent to an activating group) is 1. The van der Waals surface area contributed by atoms with Gasteiger partial charge in [0.25, 0.3) is 0 Å². The summed E-state index contributed by atoms with van der Waals surface area (Å²) in [6.07, 6.45) is 1.81. The molecule has 2 N–H and O–H groups in total. The van der Waals surface area contributed by atoms with Crippen LogP contribution in [0.4, 0.5) is 0 Å². The molecular formula is C10H21N3O3S. The van der Waals surface area contributed by atoms with E-state index in [4.69, 9.17) is 5.73 Å². The Morgan fingerprint density at radius 1 is 1.53 bits per heavy atom. The van der Waals surface area contributed by atoms with Crippen molar-refractivity contribution in [1.29, 1.82) is 0 Å². The lowest BCUT2D eigenvalue weighted by atomic mass is 10.1. The zero-order chi connectivity index (χ0) is 13.1. The van der Waals surface area contributed by atoms with Gasteiger partial charge >= 0.3 is 0 Å². The lowest BCUT2D eigenvalue weighted by molar-refractivity contribution is -0.132. The molecule has 1 fully saturated rings. The molecule has 7 heteroatoms. The Morgan fingerprint density at radius 3 is 2.71 bits per heavy atom. The number of amides is 1. The van der Waals surface area contributed by atoms with E-state index in [1.54, 1.807) is 11.8 Å². The van der Waals surface area contributed by atoms with Gasteiger partial charge in [0.2, 0.25) is 15.9 Å². The van der Waals surface area contributed by atoms with Gasteiger partial charge in [-0.15, -0.1) is 0 Å². The van der Waals surface area contributed by atoms with Gasteiger partial charge in [-0.25, -0.2) is 8.42 Å². The molecule has 0 saturated carbocycles. The first kappa shape index (κ1) is 14.4. The molecule has 0 aromatic heterocycles. The van der Waals surface area contributed by atoms with Gasteiger partial charge in [-0.2, -0.15) is 4.31 Å². The van der Waals surface area contributed by atoms with Crippen LogP contribution in [0.15, 0.2) is 0 Å². The van der Waals surface area contributed by atoms with Crippen molar-refractivity contribution in [3.63, 3.8) is 0 Å². The molecular weight excluding hydrogens is 242 g/mol. The predicted octanol–water partition coefficient (Wildman–Crippen LogP) is -0.782. The molecule has 1 aliphatic rings. The monoisotopic (exact) mass is 263 g/mol. The van der Waals surface area contributed by atoms with Crippen molar-refractivity contribution in [1.82, 2.24) is 9.21 Å². The summed E-state index contributed by atoms with van der Waals surface area (Å²) in [4.78, 5) is 13.5. The Morgan fingerprint density at radius 2 is 2.18 bits per heavy atom. The molecule has 1 unspecified atom stereocenters. The quantitative estimate of drug-likeness (QED) is 0.721. The second-order valence-electron chi connectivity index (χ2n) is 4.40. The van der Waals surface area contributed by atoms with Crippen LogP contribution >= 0.6 is 0 Å². The summed E-state index contributed by atoms with van der Waals surface area (Å²) in [7, 11) is -1.86. The van der Waals surface area contributed by atoms with Gasteiger partial charge in [0.05, 0.1) is 12.3 Å². The van der Waals surface area contributed by atoms with E-state index in [-0.39, 0.29) is 24.2 Å². The summed E-state index contributed by atoms with van der Waals surface area (Å²) in [6.45, 7) is 2.67. The van der Waals surface area contributed by atoms with Gasteiger partial charge in [-0.05, 0) is 19.8 Å². The van der Waals surface area contributed by atoms with Gasteiger partial charge in [0.1, 0.15) is 0 Å². The summed E-state index contributed by atoms with van der Waals surface area (Å²) in [6, 6.07) is 0.0146. The average Bonchev–Trinajstić information content (AvgIpc) is 2.28. The zero-order valence-corrected chi connectivity index (χ0v) is 11.2.